The Bertz CT molecular complexity index is 295. The summed E-state index contributed by atoms with van der Waals surface area (Å²) in [6, 6.07) is 0.547. The Hall–Kier alpha value is -0.610. The highest BCUT2D eigenvalue weighted by Gasteiger charge is 2.33. The zero-order valence-electron chi connectivity index (χ0n) is 12.0. The van der Waals surface area contributed by atoms with E-state index in [1.165, 1.54) is 12.8 Å². The number of piperidine rings is 1. The predicted octanol–water partition coefficient (Wildman–Crippen LogP) is 0.927. The minimum Gasteiger partial charge on any atom is -0.338 e. The van der Waals surface area contributed by atoms with E-state index < -0.39 is 0 Å². The summed E-state index contributed by atoms with van der Waals surface area (Å²) >= 11 is 0. The molecule has 2 fully saturated rings. The molecule has 2 heterocycles. The molecule has 104 valence electrons. The summed E-state index contributed by atoms with van der Waals surface area (Å²) in [6.07, 6.45) is 2.37. The van der Waals surface area contributed by atoms with E-state index in [2.05, 4.69) is 35.9 Å². The number of amides is 1. The number of carbonyl (C=O) groups is 1. The van der Waals surface area contributed by atoms with E-state index in [1.807, 2.05) is 0 Å². The summed E-state index contributed by atoms with van der Waals surface area (Å²) in [5, 5.41) is 3.40. The SMILES string of the molecule is CCN1CCN(C(=O)C2NCCCC2C)CC1C. The van der Waals surface area contributed by atoms with Gasteiger partial charge in [0.1, 0.15) is 0 Å². The van der Waals surface area contributed by atoms with E-state index in [4.69, 9.17) is 0 Å². The van der Waals surface area contributed by atoms with Crippen molar-refractivity contribution in [2.24, 2.45) is 5.92 Å². The highest BCUT2D eigenvalue weighted by Crippen LogP contribution is 2.19. The highest BCUT2D eigenvalue weighted by molar-refractivity contribution is 5.82. The predicted molar refractivity (Wildman–Crippen MR) is 73.5 cm³/mol. The Morgan fingerprint density at radius 2 is 2.11 bits per heavy atom. The van der Waals surface area contributed by atoms with Crippen LogP contribution < -0.4 is 5.32 Å². The third kappa shape index (κ3) is 2.86. The third-order valence-electron chi connectivity index (χ3n) is 4.52. The standard InChI is InChI=1S/C14H27N3O/c1-4-16-8-9-17(10-12(16)3)14(18)13-11(2)6-5-7-15-13/h11-13,15H,4-10H2,1-3H3. The Morgan fingerprint density at radius 1 is 1.33 bits per heavy atom. The highest BCUT2D eigenvalue weighted by atomic mass is 16.2. The van der Waals surface area contributed by atoms with Crippen LogP contribution in [0.1, 0.15) is 33.6 Å². The van der Waals surface area contributed by atoms with Crippen LogP contribution in [-0.4, -0.2) is 60.5 Å². The molecule has 0 aromatic heterocycles. The molecule has 1 N–H and O–H groups in total. The monoisotopic (exact) mass is 253 g/mol. The molecule has 1 amide bonds. The number of hydrogen-bond acceptors (Lipinski definition) is 3. The van der Waals surface area contributed by atoms with Crippen LogP contribution >= 0.6 is 0 Å². The largest absolute Gasteiger partial charge is 0.338 e. The average molecular weight is 253 g/mol. The van der Waals surface area contributed by atoms with E-state index in [0.29, 0.717) is 17.9 Å². The van der Waals surface area contributed by atoms with Gasteiger partial charge < -0.3 is 10.2 Å². The van der Waals surface area contributed by atoms with Gasteiger partial charge in [0.15, 0.2) is 0 Å². The van der Waals surface area contributed by atoms with Gasteiger partial charge in [-0.25, -0.2) is 0 Å². The molecular formula is C14H27N3O. The minimum absolute atomic E-state index is 0.0547. The van der Waals surface area contributed by atoms with Gasteiger partial charge in [-0.05, 0) is 38.8 Å². The average Bonchev–Trinajstić information content (AvgIpc) is 2.38. The molecular weight excluding hydrogens is 226 g/mol. The molecule has 4 heteroatoms. The number of hydrogen-bond donors (Lipinski definition) is 1. The summed E-state index contributed by atoms with van der Waals surface area (Å²) in [7, 11) is 0. The number of nitrogens with one attached hydrogen (secondary N) is 1. The Balaban J connectivity index is 1.93. The molecule has 0 aromatic carbocycles. The molecule has 2 saturated heterocycles. The van der Waals surface area contributed by atoms with Crippen molar-refractivity contribution < 1.29 is 4.79 Å². The van der Waals surface area contributed by atoms with E-state index in [1.54, 1.807) is 0 Å². The first-order chi connectivity index (χ1) is 8.63. The molecule has 0 radical (unpaired) electrons. The smallest absolute Gasteiger partial charge is 0.240 e. The van der Waals surface area contributed by atoms with Gasteiger partial charge in [-0.3, -0.25) is 9.69 Å². The van der Waals surface area contributed by atoms with Gasteiger partial charge in [-0.1, -0.05) is 13.8 Å². The number of carbonyl (C=O) groups excluding carboxylic acids is 1. The molecule has 0 spiro atoms. The topological polar surface area (TPSA) is 35.6 Å². The van der Waals surface area contributed by atoms with Crippen molar-refractivity contribution in [3.63, 3.8) is 0 Å². The van der Waals surface area contributed by atoms with Gasteiger partial charge in [0.25, 0.3) is 0 Å². The van der Waals surface area contributed by atoms with Crippen LogP contribution in [0.25, 0.3) is 0 Å². The van der Waals surface area contributed by atoms with Crippen LogP contribution in [0.2, 0.25) is 0 Å². The maximum Gasteiger partial charge on any atom is 0.240 e. The molecule has 0 saturated carbocycles. The lowest BCUT2D eigenvalue weighted by atomic mass is 9.91. The Labute approximate surface area is 111 Å². The van der Waals surface area contributed by atoms with Crippen LogP contribution in [0, 0.1) is 5.92 Å². The summed E-state index contributed by atoms with van der Waals surface area (Å²) in [5.74, 6) is 0.801. The van der Waals surface area contributed by atoms with Crippen LogP contribution in [-0.2, 0) is 4.79 Å². The second kappa shape index (κ2) is 6.02. The van der Waals surface area contributed by atoms with Gasteiger partial charge in [-0.2, -0.15) is 0 Å². The maximum absolute atomic E-state index is 12.5. The zero-order valence-corrected chi connectivity index (χ0v) is 12.0. The Morgan fingerprint density at radius 3 is 2.72 bits per heavy atom. The summed E-state index contributed by atoms with van der Waals surface area (Å²) in [5.41, 5.74) is 0. The zero-order chi connectivity index (χ0) is 13.1. The lowest BCUT2D eigenvalue weighted by Crippen LogP contribution is -2.59. The van der Waals surface area contributed by atoms with Gasteiger partial charge in [0.05, 0.1) is 6.04 Å². The summed E-state index contributed by atoms with van der Waals surface area (Å²) < 4.78 is 0. The number of nitrogens with zero attached hydrogens (tertiary/aromatic N) is 2. The second-order valence-electron chi connectivity index (χ2n) is 5.81. The molecule has 3 atom stereocenters. The fraction of sp³-hybridized carbons (Fsp3) is 0.929. The molecule has 2 rings (SSSR count). The molecule has 4 nitrogen and oxygen atoms in total. The summed E-state index contributed by atoms with van der Waals surface area (Å²) in [4.78, 5) is 17.1. The van der Waals surface area contributed by atoms with Gasteiger partial charge in [-0.15, -0.1) is 0 Å². The van der Waals surface area contributed by atoms with Gasteiger partial charge >= 0.3 is 0 Å². The van der Waals surface area contributed by atoms with E-state index >= 15 is 0 Å². The number of piperazine rings is 1. The quantitative estimate of drug-likeness (QED) is 0.795. The van der Waals surface area contributed by atoms with Crippen LogP contribution in [0.5, 0.6) is 0 Å². The van der Waals surface area contributed by atoms with Crippen molar-refractivity contribution >= 4 is 5.91 Å². The van der Waals surface area contributed by atoms with E-state index in [0.717, 1.165) is 32.7 Å². The lowest BCUT2D eigenvalue weighted by Gasteiger charge is -2.42. The van der Waals surface area contributed by atoms with E-state index in [9.17, 15) is 4.79 Å². The van der Waals surface area contributed by atoms with E-state index in [-0.39, 0.29) is 6.04 Å². The molecule has 0 bridgehead atoms. The van der Waals surface area contributed by atoms with Crippen LogP contribution in [0.3, 0.4) is 0 Å². The van der Waals surface area contributed by atoms with Gasteiger partial charge in [0, 0.05) is 25.7 Å². The molecule has 2 aliphatic heterocycles. The van der Waals surface area contributed by atoms with Crippen molar-refractivity contribution in [2.75, 3.05) is 32.7 Å². The summed E-state index contributed by atoms with van der Waals surface area (Å²) in [6.45, 7) is 11.5. The fourth-order valence-electron chi connectivity index (χ4n) is 3.24. The van der Waals surface area contributed by atoms with Crippen molar-refractivity contribution in [2.45, 2.75) is 45.7 Å². The first-order valence-electron chi connectivity index (χ1n) is 7.39. The van der Waals surface area contributed by atoms with Crippen LogP contribution in [0.15, 0.2) is 0 Å². The molecule has 0 aromatic rings. The molecule has 0 aliphatic carbocycles. The van der Waals surface area contributed by atoms with Crippen molar-refractivity contribution in [3.8, 4) is 0 Å². The van der Waals surface area contributed by atoms with Crippen molar-refractivity contribution in [3.05, 3.63) is 0 Å². The second-order valence-corrected chi connectivity index (χ2v) is 5.81. The number of rotatable bonds is 2. The van der Waals surface area contributed by atoms with Crippen molar-refractivity contribution in [1.29, 1.82) is 0 Å². The maximum atomic E-state index is 12.5. The minimum atomic E-state index is 0.0547. The normalized spacial score (nSPS) is 34.6. The molecule has 18 heavy (non-hydrogen) atoms. The third-order valence-corrected chi connectivity index (χ3v) is 4.52. The lowest BCUT2D eigenvalue weighted by molar-refractivity contribution is -0.138. The Kier molecular flexibility index (Phi) is 4.62. The molecule has 2 aliphatic rings. The van der Waals surface area contributed by atoms with Crippen LogP contribution in [0.4, 0.5) is 0 Å². The first kappa shape index (κ1) is 13.8. The fourth-order valence-corrected chi connectivity index (χ4v) is 3.24. The van der Waals surface area contributed by atoms with Crippen molar-refractivity contribution in [1.82, 2.24) is 15.1 Å². The first-order valence-corrected chi connectivity index (χ1v) is 7.39. The molecule has 3 unspecified atom stereocenters. The van der Waals surface area contributed by atoms with Gasteiger partial charge in [0.2, 0.25) is 5.91 Å². The number of likely N-dealkylation sites (N-methyl/N-ethyl adjacent to an activating group) is 1.